The molecule has 3 rings (SSSR count). The summed E-state index contributed by atoms with van der Waals surface area (Å²) in [7, 11) is 0. The number of carbonyl (C=O) groups is 1. The molecule has 2 amide bonds. The van der Waals surface area contributed by atoms with Gasteiger partial charge in [0.1, 0.15) is 5.82 Å². The molecule has 134 valence electrons. The second-order valence-corrected chi connectivity index (χ2v) is 5.95. The van der Waals surface area contributed by atoms with Gasteiger partial charge in [0.2, 0.25) is 0 Å². The van der Waals surface area contributed by atoms with E-state index in [1.807, 2.05) is 13.0 Å². The lowest BCUT2D eigenvalue weighted by atomic mass is 10.2. The molecular weight excluding hydrogens is 330 g/mol. The van der Waals surface area contributed by atoms with Crippen LogP contribution in [-0.2, 0) is 0 Å². The van der Waals surface area contributed by atoms with Crippen molar-refractivity contribution in [2.75, 3.05) is 11.9 Å². The Labute approximate surface area is 150 Å². The van der Waals surface area contributed by atoms with E-state index in [0.717, 1.165) is 0 Å². The van der Waals surface area contributed by atoms with Gasteiger partial charge in [-0.2, -0.15) is 0 Å². The number of aromatic nitrogens is 2. The van der Waals surface area contributed by atoms with Crippen molar-refractivity contribution in [3.63, 3.8) is 0 Å². The number of nitrogens with one attached hydrogen (secondary N) is 2. The number of hydrogen-bond donors (Lipinski definition) is 3. The molecule has 0 saturated heterocycles. The van der Waals surface area contributed by atoms with E-state index in [9.17, 15) is 9.59 Å². The van der Waals surface area contributed by atoms with Gasteiger partial charge in [-0.05, 0) is 44.2 Å². The standard InChI is InChI=1S/C19H21N5O2/c1-3-21-19(26)22-13-7-6-8-14(11-13)24-17(12(2)20)23-16-10-5-4-9-15(16)18(24)25/h4-12H,3,20H2,1-2H3,(H2,21,22,26)/t12-/m0/s1. The lowest BCUT2D eigenvalue weighted by Crippen LogP contribution is -2.29. The predicted molar refractivity (Wildman–Crippen MR) is 103 cm³/mol. The Hall–Kier alpha value is -3.19. The van der Waals surface area contributed by atoms with Crippen molar-refractivity contribution in [1.29, 1.82) is 0 Å². The van der Waals surface area contributed by atoms with Crippen LogP contribution in [0.15, 0.2) is 53.3 Å². The van der Waals surface area contributed by atoms with Crippen LogP contribution >= 0.6 is 0 Å². The summed E-state index contributed by atoms with van der Waals surface area (Å²) in [6.45, 7) is 4.14. The van der Waals surface area contributed by atoms with Gasteiger partial charge in [0.05, 0.1) is 22.6 Å². The monoisotopic (exact) mass is 351 g/mol. The smallest absolute Gasteiger partial charge is 0.319 e. The number of rotatable bonds is 4. The molecule has 0 saturated carbocycles. The molecule has 26 heavy (non-hydrogen) atoms. The van der Waals surface area contributed by atoms with Gasteiger partial charge >= 0.3 is 6.03 Å². The minimum Gasteiger partial charge on any atom is -0.338 e. The molecule has 4 N–H and O–H groups in total. The third-order valence-electron chi connectivity index (χ3n) is 3.91. The maximum absolute atomic E-state index is 13.1. The highest BCUT2D eigenvalue weighted by molar-refractivity contribution is 5.89. The van der Waals surface area contributed by atoms with E-state index in [1.54, 1.807) is 49.4 Å². The minimum absolute atomic E-state index is 0.196. The maximum Gasteiger partial charge on any atom is 0.319 e. The quantitative estimate of drug-likeness (QED) is 0.672. The molecule has 3 aromatic rings. The molecule has 2 aromatic carbocycles. The Morgan fingerprint density at radius 1 is 1.23 bits per heavy atom. The SMILES string of the molecule is CCNC(=O)Nc1cccc(-n2c([C@H](C)N)nc3ccccc3c2=O)c1. The van der Waals surface area contributed by atoms with E-state index in [0.29, 0.717) is 34.6 Å². The molecular formula is C19H21N5O2. The van der Waals surface area contributed by atoms with Crippen LogP contribution in [-0.4, -0.2) is 22.1 Å². The van der Waals surface area contributed by atoms with Crippen LogP contribution in [0.1, 0.15) is 25.7 Å². The Balaban J connectivity index is 2.15. The number of amides is 2. The summed E-state index contributed by atoms with van der Waals surface area (Å²) in [5.41, 5.74) is 7.65. The molecule has 7 nitrogen and oxygen atoms in total. The first-order chi connectivity index (χ1) is 12.5. The molecule has 0 bridgehead atoms. The van der Waals surface area contributed by atoms with Crippen LogP contribution in [0.2, 0.25) is 0 Å². The van der Waals surface area contributed by atoms with Gasteiger partial charge in [0.15, 0.2) is 0 Å². The van der Waals surface area contributed by atoms with Crippen molar-refractivity contribution in [2.24, 2.45) is 5.73 Å². The summed E-state index contributed by atoms with van der Waals surface area (Å²) in [6, 6.07) is 13.4. The second-order valence-electron chi connectivity index (χ2n) is 5.95. The Bertz CT molecular complexity index is 1010. The normalized spacial score (nSPS) is 12.0. The van der Waals surface area contributed by atoms with Crippen LogP contribution < -0.4 is 21.9 Å². The molecule has 1 atom stereocenters. The zero-order valence-electron chi connectivity index (χ0n) is 14.7. The summed E-state index contributed by atoms with van der Waals surface area (Å²) < 4.78 is 1.50. The number of fused-ring (bicyclic) bond motifs is 1. The van der Waals surface area contributed by atoms with Gasteiger partial charge in [-0.3, -0.25) is 9.36 Å². The van der Waals surface area contributed by atoms with Crippen molar-refractivity contribution in [1.82, 2.24) is 14.9 Å². The van der Waals surface area contributed by atoms with Gasteiger partial charge in [-0.25, -0.2) is 9.78 Å². The lowest BCUT2D eigenvalue weighted by molar-refractivity contribution is 0.252. The van der Waals surface area contributed by atoms with Gasteiger partial charge < -0.3 is 16.4 Å². The molecule has 0 spiro atoms. The average Bonchev–Trinajstić information content (AvgIpc) is 2.62. The van der Waals surface area contributed by atoms with Gasteiger partial charge in [-0.15, -0.1) is 0 Å². The molecule has 0 aliphatic heterocycles. The summed E-state index contributed by atoms with van der Waals surface area (Å²) in [4.78, 5) is 29.4. The largest absolute Gasteiger partial charge is 0.338 e. The zero-order chi connectivity index (χ0) is 18.7. The molecule has 1 heterocycles. The highest BCUT2D eigenvalue weighted by Crippen LogP contribution is 2.19. The van der Waals surface area contributed by atoms with Gasteiger partial charge in [-0.1, -0.05) is 18.2 Å². The van der Waals surface area contributed by atoms with E-state index < -0.39 is 6.04 Å². The number of nitrogens with two attached hydrogens (primary N) is 1. The minimum atomic E-state index is -0.438. The van der Waals surface area contributed by atoms with Crippen molar-refractivity contribution >= 4 is 22.6 Å². The van der Waals surface area contributed by atoms with E-state index in [2.05, 4.69) is 15.6 Å². The van der Waals surface area contributed by atoms with E-state index in [-0.39, 0.29) is 11.6 Å². The molecule has 0 fully saturated rings. The van der Waals surface area contributed by atoms with Crippen molar-refractivity contribution < 1.29 is 4.79 Å². The lowest BCUT2D eigenvalue weighted by Gasteiger charge is -2.16. The molecule has 1 aromatic heterocycles. The number of urea groups is 1. The van der Waals surface area contributed by atoms with Gasteiger partial charge in [0.25, 0.3) is 5.56 Å². The first-order valence-electron chi connectivity index (χ1n) is 8.44. The second kappa shape index (κ2) is 7.37. The highest BCUT2D eigenvalue weighted by atomic mass is 16.2. The third-order valence-corrected chi connectivity index (χ3v) is 3.91. The average molecular weight is 351 g/mol. The number of benzene rings is 2. The van der Waals surface area contributed by atoms with Crippen LogP contribution in [0.4, 0.5) is 10.5 Å². The molecule has 0 aliphatic carbocycles. The van der Waals surface area contributed by atoms with Crippen LogP contribution in [0.25, 0.3) is 16.6 Å². The first-order valence-corrected chi connectivity index (χ1v) is 8.44. The Morgan fingerprint density at radius 3 is 2.73 bits per heavy atom. The Morgan fingerprint density at radius 2 is 2.00 bits per heavy atom. The van der Waals surface area contributed by atoms with E-state index >= 15 is 0 Å². The third kappa shape index (κ3) is 3.43. The van der Waals surface area contributed by atoms with E-state index in [1.165, 1.54) is 4.57 Å². The number of para-hydroxylation sites is 1. The zero-order valence-corrected chi connectivity index (χ0v) is 14.7. The Kier molecular flexibility index (Phi) is 4.99. The molecule has 7 heteroatoms. The number of anilines is 1. The molecule has 0 aliphatic rings. The van der Waals surface area contributed by atoms with Gasteiger partial charge in [0, 0.05) is 12.2 Å². The highest BCUT2D eigenvalue weighted by Gasteiger charge is 2.15. The van der Waals surface area contributed by atoms with Crippen molar-refractivity contribution in [3.05, 3.63) is 64.7 Å². The predicted octanol–water partition coefficient (Wildman–Crippen LogP) is 2.55. The van der Waals surface area contributed by atoms with Crippen LogP contribution in [0.3, 0.4) is 0 Å². The fraction of sp³-hybridized carbons (Fsp3) is 0.211. The first kappa shape index (κ1) is 17.6. The van der Waals surface area contributed by atoms with Crippen LogP contribution in [0.5, 0.6) is 0 Å². The summed E-state index contributed by atoms with van der Waals surface area (Å²) in [6.07, 6.45) is 0. The molecule has 0 radical (unpaired) electrons. The molecule has 0 unspecified atom stereocenters. The maximum atomic E-state index is 13.1. The van der Waals surface area contributed by atoms with Crippen LogP contribution in [0, 0.1) is 0 Å². The van der Waals surface area contributed by atoms with Crippen molar-refractivity contribution in [2.45, 2.75) is 19.9 Å². The van der Waals surface area contributed by atoms with E-state index in [4.69, 9.17) is 5.73 Å². The topological polar surface area (TPSA) is 102 Å². The fourth-order valence-corrected chi connectivity index (χ4v) is 2.76. The summed E-state index contributed by atoms with van der Waals surface area (Å²) in [5.74, 6) is 0.462. The number of nitrogens with zero attached hydrogens (tertiary/aromatic N) is 2. The number of carbonyl (C=O) groups excluding carboxylic acids is 1. The summed E-state index contributed by atoms with van der Waals surface area (Å²) >= 11 is 0. The van der Waals surface area contributed by atoms with Crippen molar-refractivity contribution in [3.8, 4) is 5.69 Å². The summed E-state index contributed by atoms with van der Waals surface area (Å²) in [5, 5.41) is 5.92. The number of hydrogen-bond acceptors (Lipinski definition) is 4. The fourth-order valence-electron chi connectivity index (χ4n) is 2.76.